The van der Waals surface area contributed by atoms with Gasteiger partial charge in [0.05, 0.1) is 15.9 Å². The first-order valence-electron chi connectivity index (χ1n) is 9.63. The lowest BCUT2D eigenvalue weighted by Crippen LogP contribution is -2.23. The van der Waals surface area contributed by atoms with Gasteiger partial charge in [-0.3, -0.25) is 0 Å². The van der Waals surface area contributed by atoms with Gasteiger partial charge in [-0.25, -0.2) is 4.98 Å². The molecule has 2 heterocycles. The van der Waals surface area contributed by atoms with E-state index in [0.29, 0.717) is 17.7 Å². The smallest absolute Gasteiger partial charge is 0.229 e. The molecule has 3 aromatic rings. The molecule has 0 spiro atoms. The maximum atomic E-state index is 7.70. The molecule has 1 aliphatic carbocycles. The number of para-hydroxylation sites is 1. The van der Waals surface area contributed by atoms with Crippen LogP contribution in [0, 0.1) is 5.41 Å². The normalized spacial score (nSPS) is 15.4. The number of nitrogens with zero attached hydrogens (tertiary/aromatic N) is 2. The molecule has 0 bridgehead atoms. The van der Waals surface area contributed by atoms with E-state index < -0.39 is 0 Å². The number of rotatable bonds is 7. The van der Waals surface area contributed by atoms with Crippen molar-refractivity contribution in [3.8, 4) is 0 Å². The first kappa shape index (κ1) is 18.4. The Kier molecular flexibility index (Phi) is 5.82. The van der Waals surface area contributed by atoms with Crippen LogP contribution < -0.4 is 16.0 Å². The topological polar surface area (TPSA) is 85.7 Å². The van der Waals surface area contributed by atoms with Gasteiger partial charge in [-0.05, 0) is 36.4 Å². The van der Waals surface area contributed by atoms with Gasteiger partial charge in [-0.15, -0.1) is 11.3 Å². The second-order valence-electron chi connectivity index (χ2n) is 6.89. The summed E-state index contributed by atoms with van der Waals surface area (Å²) in [6.07, 6.45) is 9.24. The van der Waals surface area contributed by atoms with Crippen molar-refractivity contribution in [2.45, 2.75) is 38.1 Å². The summed E-state index contributed by atoms with van der Waals surface area (Å²) < 4.78 is 1.08. The molecule has 1 fully saturated rings. The summed E-state index contributed by atoms with van der Waals surface area (Å²) in [6, 6.07) is 12.3. The molecule has 1 aromatic carbocycles. The fourth-order valence-electron chi connectivity index (χ4n) is 3.40. The number of thiophene rings is 1. The molecule has 28 heavy (non-hydrogen) atoms. The Hall–Kier alpha value is -2.93. The zero-order valence-corrected chi connectivity index (χ0v) is 16.4. The van der Waals surface area contributed by atoms with Gasteiger partial charge < -0.3 is 21.4 Å². The molecule has 4 N–H and O–H groups in total. The summed E-state index contributed by atoms with van der Waals surface area (Å²) in [5, 5.41) is 19.7. The molecule has 1 saturated carbocycles. The van der Waals surface area contributed by atoms with Crippen molar-refractivity contribution in [1.29, 1.82) is 5.41 Å². The fourth-order valence-corrected chi connectivity index (χ4v) is 4.18. The lowest BCUT2D eigenvalue weighted by molar-refractivity contribution is 0.462. The van der Waals surface area contributed by atoms with Crippen LogP contribution in [0.15, 0.2) is 53.7 Å². The van der Waals surface area contributed by atoms with E-state index in [4.69, 9.17) is 10.4 Å². The highest BCUT2D eigenvalue weighted by atomic mass is 32.1. The van der Waals surface area contributed by atoms with Gasteiger partial charge in [-0.1, -0.05) is 37.5 Å². The van der Waals surface area contributed by atoms with Crippen molar-refractivity contribution in [2.24, 2.45) is 0 Å². The van der Waals surface area contributed by atoms with Crippen LogP contribution in [0.5, 0.6) is 0 Å². The van der Waals surface area contributed by atoms with Gasteiger partial charge >= 0.3 is 0 Å². The van der Waals surface area contributed by atoms with E-state index in [1.807, 2.05) is 41.8 Å². The van der Waals surface area contributed by atoms with Gasteiger partial charge in [0.1, 0.15) is 5.82 Å². The van der Waals surface area contributed by atoms with E-state index in [2.05, 4.69) is 20.9 Å². The highest BCUT2D eigenvalue weighted by Crippen LogP contribution is 2.30. The second kappa shape index (κ2) is 8.84. The molecular formula is C21H24N6S. The molecule has 144 valence electrons. The molecule has 0 atom stereocenters. The van der Waals surface area contributed by atoms with Crippen LogP contribution in [0.2, 0.25) is 0 Å². The average molecular weight is 393 g/mol. The molecule has 0 radical (unpaired) electrons. The lowest BCUT2D eigenvalue weighted by atomic mass is 9.95. The van der Waals surface area contributed by atoms with Gasteiger partial charge in [0.25, 0.3) is 0 Å². The monoisotopic (exact) mass is 392 g/mol. The van der Waals surface area contributed by atoms with Crippen molar-refractivity contribution >= 4 is 45.2 Å². The number of hydrogen-bond acceptors (Lipinski definition) is 7. The molecule has 7 heteroatoms. The Morgan fingerprint density at radius 2 is 1.89 bits per heavy atom. The predicted octanol–water partition coefficient (Wildman–Crippen LogP) is 5.45. The van der Waals surface area contributed by atoms with Crippen LogP contribution in [-0.4, -0.2) is 22.2 Å². The van der Waals surface area contributed by atoms with E-state index in [-0.39, 0.29) is 0 Å². The van der Waals surface area contributed by atoms with Crippen LogP contribution >= 0.6 is 11.3 Å². The minimum Gasteiger partial charge on any atom is -0.366 e. The predicted molar refractivity (Wildman–Crippen MR) is 118 cm³/mol. The summed E-state index contributed by atoms with van der Waals surface area (Å²) in [6.45, 7) is 0. The van der Waals surface area contributed by atoms with E-state index in [1.165, 1.54) is 38.3 Å². The first-order chi connectivity index (χ1) is 13.8. The number of anilines is 3. The molecule has 0 aliphatic heterocycles. The molecular weight excluding hydrogens is 368 g/mol. The zero-order valence-electron chi connectivity index (χ0n) is 15.6. The first-order valence-corrected chi connectivity index (χ1v) is 10.5. The van der Waals surface area contributed by atoms with Crippen molar-refractivity contribution in [3.63, 3.8) is 0 Å². The number of nitrogens with one attached hydrogen (secondary N) is 4. The number of benzene rings is 1. The van der Waals surface area contributed by atoms with Crippen LogP contribution in [-0.2, 0) is 0 Å². The van der Waals surface area contributed by atoms with Crippen LogP contribution in [0.4, 0.5) is 17.5 Å². The van der Waals surface area contributed by atoms with E-state index in [9.17, 15) is 0 Å². The van der Waals surface area contributed by atoms with Crippen LogP contribution in [0.1, 0.15) is 32.1 Å². The van der Waals surface area contributed by atoms with Crippen molar-refractivity contribution in [3.05, 3.63) is 53.7 Å². The Morgan fingerprint density at radius 3 is 2.68 bits per heavy atom. The van der Waals surface area contributed by atoms with E-state index in [1.54, 1.807) is 17.5 Å². The fraction of sp³-hybridized carbons (Fsp3) is 0.286. The Morgan fingerprint density at radius 1 is 1.07 bits per heavy atom. The Bertz CT molecular complexity index is 959. The highest BCUT2D eigenvalue weighted by molar-refractivity contribution is 7.17. The molecule has 0 unspecified atom stereocenters. The van der Waals surface area contributed by atoms with Gasteiger partial charge in [0.15, 0.2) is 0 Å². The van der Waals surface area contributed by atoms with Crippen LogP contribution in [0.3, 0.4) is 0 Å². The standard InChI is InChI=1S/C21H24N6S/c22-13-17(14-23-15-7-3-1-4-8-15)25-21-26-18-11-12-28-19(18)20(27-21)24-16-9-5-2-6-10-16/h1,3-4,7-8,11-14,16,22-23H,2,5-6,9-10H2,(H2,24,25,26,27)/b17-14+,22-13?. The molecule has 0 amide bonds. The van der Waals surface area contributed by atoms with Gasteiger partial charge in [-0.2, -0.15) is 4.98 Å². The van der Waals surface area contributed by atoms with Crippen molar-refractivity contribution < 1.29 is 0 Å². The highest BCUT2D eigenvalue weighted by Gasteiger charge is 2.17. The minimum absolute atomic E-state index is 0.472. The van der Waals surface area contributed by atoms with Crippen LogP contribution in [0.25, 0.3) is 10.2 Å². The molecule has 1 aliphatic rings. The summed E-state index contributed by atoms with van der Waals surface area (Å²) in [5.74, 6) is 1.38. The number of allylic oxidation sites excluding steroid dienone is 1. The number of aromatic nitrogens is 2. The Labute approximate surface area is 168 Å². The second-order valence-corrected chi connectivity index (χ2v) is 7.81. The SMILES string of the molecule is N=C/C(=C\Nc1ccccc1)Nc1nc(NC2CCCCC2)c2sccc2n1. The summed E-state index contributed by atoms with van der Waals surface area (Å²) >= 11 is 1.66. The maximum Gasteiger partial charge on any atom is 0.229 e. The van der Waals surface area contributed by atoms with E-state index in [0.717, 1.165) is 21.7 Å². The lowest BCUT2D eigenvalue weighted by Gasteiger charge is -2.23. The third kappa shape index (κ3) is 4.48. The molecule has 2 aromatic heterocycles. The van der Waals surface area contributed by atoms with Crippen molar-refractivity contribution in [2.75, 3.05) is 16.0 Å². The number of hydrogen-bond donors (Lipinski definition) is 4. The largest absolute Gasteiger partial charge is 0.366 e. The molecule has 4 rings (SSSR count). The third-order valence-electron chi connectivity index (χ3n) is 4.83. The minimum atomic E-state index is 0.472. The quantitative estimate of drug-likeness (QED) is 0.402. The number of fused-ring (bicyclic) bond motifs is 1. The molecule has 0 saturated heterocycles. The summed E-state index contributed by atoms with van der Waals surface area (Å²) in [7, 11) is 0. The van der Waals surface area contributed by atoms with Gasteiger partial charge in [0, 0.05) is 24.1 Å². The third-order valence-corrected chi connectivity index (χ3v) is 5.74. The maximum absolute atomic E-state index is 7.70. The summed E-state index contributed by atoms with van der Waals surface area (Å²) in [5.41, 5.74) is 2.46. The summed E-state index contributed by atoms with van der Waals surface area (Å²) in [4.78, 5) is 9.32. The zero-order chi connectivity index (χ0) is 19.2. The Balaban J connectivity index is 1.54. The molecule has 6 nitrogen and oxygen atoms in total. The van der Waals surface area contributed by atoms with E-state index >= 15 is 0 Å². The average Bonchev–Trinajstić information content (AvgIpc) is 3.21. The van der Waals surface area contributed by atoms with Gasteiger partial charge in [0.2, 0.25) is 5.95 Å². The van der Waals surface area contributed by atoms with Crippen molar-refractivity contribution in [1.82, 2.24) is 9.97 Å².